The number of unbranched alkanes of at least 4 members (excludes halogenated alkanes) is 14. The summed E-state index contributed by atoms with van der Waals surface area (Å²) in [6.07, 6.45) is 20.7. The molecule has 0 unspecified atom stereocenters. The van der Waals surface area contributed by atoms with E-state index in [2.05, 4.69) is 13.8 Å². The number of hydrogen-bond acceptors (Lipinski definition) is 4. The van der Waals surface area contributed by atoms with Crippen LogP contribution in [0.5, 0.6) is 17.2 Å². The van der Waals surface area contributed by atoms with Gasteiger partial charge in [0.25, 0.3) is 0 Å². The van der Waals surface area contributed by atoms with Gasteiger partial charge in [0.2, 0.25) is 0 Å². The highest BCUT2D eigenvalue weighted by Gasteiger charge is 2.09. The van der Waals surface area contributed by atoms with Crippen molar-refractivity contribution in [3.8, 4) is 17.2 Å². The molecule has 206 valence electrons. The van der Waals surface area contributed by atoms with Crippen molar-refractivity contribution in [3.05, 3.63) is 54.1 Å². The molecule has 0 saturated heterocycles. The maximum Gasteiger partial charge on any atom is 0.343 e. The Morgan fingerprint density at radius 2 is 0.838 bits per heavy atom. The zero-order chi connectivity index (χ0) is 26.4. The molecule has 0 fully saturated rings. The summed E-state index contributed by atoms with van der Waals surface area (Å²) in [5.74, 6) is 1.72. The standard InChI is InChI=1S/C33H50O4/c1-3-5-7-9-10-11-12-13-14-15-16-18-28-35-30-21-19-29(20-22-30)33(34)37-32-25-23-31(24-26-32)36-27-17-8-6-4-2/h19-26H,3-18,27-28H2,1-2H3. The van der Waals surface area contributed by atoms with Gasteiger partial charge in [-0.1, -0.05) is 104 Å². The molecular formula is C33H50O4. The Hall–Kier alpha value is -2.49. The number of ether oxygens (including phenoxy) is 3. The monoisotopic (exact) mass is 510 g/mol. The minimum Gasteiger partial charge on any atom is -0.494 e. The van der Waals surface area contributed by atoms with E-state index in [9.17, 15) is 4.79 Å². The molecule has 0 aliphatic heterocycles. The quantitative estimate of drug-likeness (QED) is 0.0898. The molecule has 0 aliphatic carbocycles. The fourth-order valence-corrected chi connectivity index (χ4v) is 4.31. The van der Waals surface area contributed by atoms with Gasteiger partial charge in [-0.2, -0.15) is 0 Å². The van der Waals surface area contributed by atoms with E-state index < -0.39 is 0 Å². The van der Waals surface area contributed by atoms with Gasteiger partial charge in [-0.3, -0.25) is 0 Å². The van der Waals surface area contributed by atoms with E-state index in [4.69, 9.17) is 14.2 Å². The number of esters is 1. The first kappa shape index (κ1) is 30.7. The molecule has 0 aromatic heterocycles. The second-order valence-corrected chi connectivity index (χ2v) is 10.0. The predicted molar refractivity (Wildman–Crippen MR) is 154 cm³/mol. The Morgan fingerprint density at radius 3 is 1.30 bits per heavy atom. The lowest BCUT2D eigenvalue weighted by atomic mass is 10.1. The predicted octanol–water partition coefficient (Wildman–Crippen LogP) is 9.94. The average molecular weight is 511 g/mol. The number of carbonyl (C=O) groups excluding carboxylic acids is 1. The molecule has 0 amide bonds. The summed E-state index contributed by atoms with van der Waals surface area (Å²) in [7, 11) is 0. The van der Waals surface area contributed by atoms with Crippen LogP contribution in [0.15, 0.2) is 48.5 Å². The largest absolute Gasteiger partial charge is 0.494 e. The molecule has 2 rings (SSSR count). The van der Waals surface area contributed by atoms with Crippen molar-refractivity contribution in [2.24, 2.45) is 0 Å². The molecule has 4 nitrogen and oxygen atoms in total. The Labute approximate surface area is 226 Å². The maximum atomic E-state index is 12.5. The van der Waals surface area contributed by atoms with Crippen LogP contribution < -0.4 is 14.2 Å². The number of benzene rings is 2. The minimum absolute atomic E-state index is 0.374. The second-order valence-electron chi connectivity index (χ2n) is 10.0. The third kappa shape index (κ3) is 14.7. The molecule has 37 heavy (non-hydrogen) atoms. The van der Waals surface area contributed by atoms with Gasteiger partial charge in [0, 0.05) is 0 Å². The molecule has 0 radical (unpaired) electrons. The molecule has 0 bridgehead atoms. The molecule has 0 atom stereocenters. The summed E-state index contributed by atoms with van der Waals surface area (Å²) in [5.41, 5.74) is 0.508. The molecule has 2 aromatic rings. The molecule has 0 saturated carbocycles. The Kier molecular flexibility index (Phi) is 17.1. The molecule has 2 aromatic carbocycles. The summed E-state index contributed by atoms with van der Waals surface area (Å²) in [4.78, 5) is 12.5. The number of hydrogen-bond donors (Lipinski definition) is 0. The lowest BCUT2D eigenvalue weighted by Crippen LogP contribution is -2.08. The normalized spacial score (nSPS) is 10.9. The van der Waals surface area contributed by atoms with Crippen LogP contribution in [0.1, 0.15) is 127 Å². The van der Waals surface area contributed by atoms with Crippen LogP contribution in [0.3, 0.4) is 0 Å². The van der Waals surface area contributed by atoms with Crippen LogP contribution in [0.2, 0.25) is 0 Å². The zero-order valence-corrected chi connectivity index (χ0v) is 23.5. The maximum absolute atomic E-state index is 12.5. The van der Waals surface area contributed by atoms with Gasteiger partial charge in [-0.05, 0) is 61.4 Å². The van der Waals surface area contributed by atoms with E-state index in [0.717, 1.165) is 24.3 Å². The molecule has 0 spiro atoms. The van der Waals surface area contributed by atoms with Gasteiger partial charge in [0.15, 0.2) is 0 Å². The zero-order valence-electron chi connectivity index (χ0n) is 23.5. The summed E-state index contributed by atoms with van der Waals surface area (Å²) in [5, 5.41) is 0. The van der Waals surface area contributed by atoms with Crippen molar-refractivity contribution < 1.29 is 19.0 Å². The number of carbonyl (C=O) groups is 1. The van der Waals surface area contributed by atoms with Crippen molar-refractivity contribution in [3.63, 3.8) is 0 Å². The van der Waals surface area contributed by atoms with Gasteiger partial charge in [-0.15, -0.1) is 0 Å². The Bertz CT molecular complexity index is 813. The SMILES string of the molecule is CCCCCCCCCCCCCCOc1ccc(C(=O)Oc2ccc(OCCCCCC)cc2)cc1. The highest BCUT2D eigenvalue weighted by molar-refractivity contribution is 5.91. The van der Waals surface area contributed by atoms with Crippen LogP contribution in [-0.4, -0.2) is 19.2 Å². The van der Waals surface area contributed by atoms with E-state index in [1.54, 1.807) is 24.3 Å². The minimum atomic E-state index is -0.374. The number of rotatable bonds is 22. The van der Waals surface area contributed by atoms with Crippen LogP contribution in [0.4, 0.5) is 0 Å². The van der Waals surface area contributed by atoms with E-state index in [1.807, 2.05) is 24.3 Å². The highest BCUT2D eigenvalue weighted by Crippen LogP contribution is 2.20. The van der Waals surface area contributed by atoms with E-state index in [0.29, 0.717) is 24.5 Å². The Morgan fingerprint density at radius 1 is 0.486 bits per heavy atom. The molecule has 4 heteroatoms. The first-order chi connectivity index (χ1) is 18.2. The van der Waals surface area contributed by atoms with Crippen LogP contribution in [0.25, 0.3) is 0 Å². The summed E-state index contributed by atoms with van der Waals surface area (Å²) in [6, 6.07) is 14.4. The van der Waals surface area contributed by atoms with E-state index >= 15 is 0 Å². The lowest BCUT2D eigenvalue weighted by Gasteiger charge is -2.09. The van der Waals surface area contributed by atoms with Crippen LogP contribution in [0, 0.1) is 0 Å². The van der Waals surface area contributed by atoms with Gasteiger partial charge in [0.05, 0.1) is 18.8 Å². The van der Waals surface area contributed by atoms with Crippen LogP contribution in [-0.2, 0) is 0 Å². The van der Waals surface area contributed by atoms with Gasteiger partial charge in [0.1, 0.15) is 17.2 Å². The molecule has 0 aliphatic rings. The third-order valence-corrected chi connectivity index (χ3v) is 6.66. The summed E-state index contributed by atoms with van der Waals surface area (Å²) < 4.78 is 17.1. The van der Waals surface area contributed by atoms with Crippen molar-refractivity contribution in [2.75, 3.05) is 13.2 Å². The average Bonchev–Trinajstić information content (AvgIpc) is 2.92. The third-order valence-electron chi connectivity index (χ3n) is 6.66. The highest BCUT2D eigenvalue weighted by atomic mass is 16.5. The summed E-state index contributed by atoms with van der Waals surface area (Å²) >= 11 is 0. The van der Waals surface area contributed by atoms with Gasteiger partial charge >= 0.3 is 5.97 Å². The van der Waals surface area contributed by atoms with Crippen LogP contribution >= 0.6 is 0 Å². The first-order valence-electron chi connectivity index (χ1n) is 14.9. The van der Waals surface area contributed by atoms with Crippen molar-refractivity contribution in [2.45, 2.75) is 117 Å². The van der Waals surface area contributed by atoms with Gasteiger partial charge < -0.3 is 14.2 Å². The van der Waals surface area contributed by atoms with E-state index in [-0.39, 0.29) is 5.97 Å². The van der Waals surface area contributed by atoms with Crippen molar-refractivity contribution in [1.82, 2.24) is 0 Å². The molecule has 0 heterocycles. The topological polar surface area (TPSA) is 44.8 Å². The fourth-order valence-electron chi connectivity index (χ4n) is 4.31. The van der Waals surface area contributed by atoms with Crippen molar-refractivity contribution >= 4 is 5.97 Å². The smallest absolute Gasteiger partial charge is 0.343 e. The second kappa shape index (κ2) is 20.6. The fraction of sp³-hybridized carbons (Fsp3) is 0.606. The summed E-state index contributed by atoms with van der Waals surface area (Å²) in [6.45, 7) is 5.90. The Balaban J connectivity index is 1.54. The van der Waals surface area contributed by atoms with E-state index in [1.165, 1.54) is 89.9 Å². The van der Waals surface area contributed by atoms with Gasteiger partial charge in [-0.25, -0.2) is 4.79 Å². The molecular weight excluding hydrogens is 460 g/mol. The molecule has 0 N–H and O–H groups in total. The lowest BCUT2D eigenvalue weighted by molar-refractivity contribution is 0.0734. The first-order valence-corrected chi connectivity index (χ1v) is 14.9. The van der Waals surface area contributed by atoms with Crippen molar-refractivity contribution in [1.29, 1.82) is 0 Å².